The van der Waals surface area contributed by atoms with E-state index in [0.29, 0.717) is 5.82 Å². The number of aromatic amines is 2. The lowest BCUT2D eigenvalue weighted by molar-refractivity contribution is 0.0928. The number of hydrogen-bond donors (Lipinski definition) is 4. The van der Waals surface area contributed by atoms with E-state index < -0.39 is 5.91 Å². The van der Waals surface area contributed by atoms with Crippen LogP contribution in [0.3, 0.4) is 0 Å². The van der Waals surface area contributed by atoms with E-state index in [1.807, 2.05) is 0 Å². The van der Waals surface area contributed by atoms with E-state index in [2.05, 4.69) is 35.7 Å². The fraction of sp³-hybridized carbons (Fsp3) is 0.286. The van der Waals surface area contributed by atoms with Gasteiger partial charge in [-0.05, 0) is 6.92 Å². The van der Waals surface area contributed by atoms with Gasteiger partial charge < -0.3 is 11.1 Å². The van der Waals surface area contributed by atoms with Gasteiger partial charge in [-0.2, -0.15) is 10.1 Å². The molecule has 5 N–H and O–H groups in total. The second-order valence-corrected chi connectivity index (χ2v) is 3.11. The van der Waals surface area contributed by atoms with Crippen LogP contribution < -0.4 is 11.1 Å². The topological polar surface area (TPSA) is 138 Å². The van der Waals surface area contributed by atoms with Crippen molar-refractivity contribution in [2.45, 2.75) is 13.0 Å². The first-order chi connectivity index (χ1) is 7.66. The molecule has 0 saturated heterocycles. The summed E-state index contributed by atoms with van der Waals surface area (Å²) in [4.78, 5) is 19.2. The highest BCUT2D eigenvalue weighted by atomic mass is 16.2. The van der Waals surface area contributed by atoms with Gasteiger partial charge in [0.05, 0.1) is 6.04 Å². The standard InChI is InChI=1S/C7H10N8O/c1-3(4-9-2-10-13-4)11-6(16)5-12-7(8)15-14-5/h2-3H,1H3,(H,11,16)(H,9,10,13)(H3,8,12,14,15). The highest BCUT2D eigenvalue weighted by molar-refractivity contribution is 5.90. The largest absolute Gasteiger partial charge is 0.366 e. The van der Waals surface area contributed by atoms with Crippen molar-refractivity contribution in [3.63, 3.8) is 0 Å². The first-order valence-corrected chi connectivity index (χ1v) is 4.51. The number of carbonyl (C=O) groups excluding carboxylic acids is 1. The Hall–Kier alpha value is -2.45. The molecule has 0 radical (unpaired) electrons. The molecule has 9 heteroatoms. The zero-order valence-corrected chi connectivity index (χ0v) is 8.43. The number of nitrogens with zero attached hydrogens (tertiary/aromatic N) is 4. The van der Waals surface area contributed by atoms with Crippen molar-refractivity contribution in [1.82, 2.24) is 35.7 Å². The van der Waals surface area contributed by atoms with Crippen LogP contribution in [0, 0.1) is 0 Å². The lowest BCUT2D eigenvalue weighted by Gasteiger charge is -2.08. The Kier molecular flexibility index (Phi) is 2.50. The molecule has 84 valence electrons. The molecule has 0 aliphatic carbocycles. The Morgan fingerprint density at radius 2 is 2.38 bits per heavy atom. The molecule has 0 aliphatic rings. The smallest absolute Gasteiger partial charge is 0.289 e. The first kappa shape index (κ1) is 10.1. The molecule has 0 spiro atoms. The minimum absolute atomic E-state index is 0.0254. The van der Waals surface area contributed by atoms with Crippen molar-refractivity contribution in [1.29, 1.82) is 0 Å². The van der Waals surface area contributed by atoms with Gasteiger partial charge in [0.15, 0.2) is 0 Å². The van der Waals surface area contributed by atoms with Gasteiger partial charge in [0.1, 0.15) is 12.2 Å². The Bertz CT molecular complexity index is 474. The van der Waals surface area contributed by atoms with Crippen LogP contribution in [-0.2, 0) is 0 Å². The van der Waals surface area contributed by atoms with Gasteiger partial charge in [-0.25, -0.2) is 4.98 Å². The number of amides is 1. The molecule has 1 unspecified atom stereocenters. The summed E-state index contributed by atoms with van der Waals surface area (Å²) in [5, 5.41) is 15.0. The second kappa shape index (κ2) is 3.96. The van der Waals surface area contributed by atoms with E-state index in [0.717, 1.165) is 0 Å². The summed E-state index contributed by atoms with van der Waals surface area (Å²) < 4.78 is 0. The van der Waals surface area contributed by atoms with Crippen molar-refractivity contribution in [2.24, 2.45) is 0 Å². The number of rotatable bonds is 3. The Balaban J connectivity index is 2.03. The minimum Gasteiger partial charge on any atom is -0.366 e. The minimum atomic E-state index is -0.409. The van der Waals surface area contributed by atoms with E-state index in [4.69, 9.17) is 5.73 Å². The third-order valence-corrected chi connectivity index (χ3v) is 1.91. The normalized spacial score (nSPS) is 12.3. The predicted octanol–water partition coefficient (Wildman–Crippen LogP) is -1.00. The van der Waals surface area contributed by atoms with Crippen LogP contribution in [0.2, 0.25) is 0 Å². The molecule has 1 atom stereocenters. The molecule has 16 heavy (non-hydrogen) atoms. The molecule has 1 amide bonds. The fourth-order valence-corrected chi connectivity index (χ4v) is 1.13. The predicted molar refractivity (Wildman–Crippen MR) is 53.1 cm³/mol. The molecule has 2 rings (SSSR count). The van der Waals surface area contributed by atoms with Gasteiger partial charge in [-0.1, -0.05) is 0 Å². The molecule has 2 aromatic heterocycles. The zero-order chi connectivity index (χ0) is 11.5. The van der Waals surface area contributed by atoms with Gasteiger partial charge in [-0.3, -0.25) is 15.0 Å². The zero-order valence-electron chi connectivity index (χ0n) is 8.43. The molecular weight excluding hydrogens is 212 g/mol. The highest BCUT2D eigenvalue weighted by Gasteiger charge is 2.16. The van der Waals surface area contributed by atoms with Crippen molar-refractivity contribution >= 4 is 11.9 Å². The number of carbonyl (C=O) groups is 1. The van der Waals surface area contributed by atoms with Crippen molar-refractivity contribution in [3.8, 4) is 0 Å². The van der Waals surface area contributed by atoms with Gasteiger partial charge >= 0.3 is 0 Å². The number of nitrogen functional groups attached to an aromatic ring is 1. The van der Waals surface area contributed by atoms with Gasteiger partial charge in [0, 0.05) is 0 Å². The summed E-state index contributed by atoms with van der Waals surface area (Å²) in [6.45, 7) is 1.76. The monoisotopic (exact) mass is 222 g/mol. The van der Waals surface area contributed by atoms with Gasteiger partial charge in [0.2, 0.25) is 11.8 Å². The summed E-state index contributed by atoms with van der Waals surface area (Å²) in [6, 6.07) is -0.304. The van der Waals surface area contributed by atoms with E-state index in [1.165, 1.54) is 6.33 Å². The molecule has 0 fully saturated rings. The summed E-state index contributed by atoms with van der Waals surface area (Å²) >= 11 is 0. The van der Waals surface area contributed by atoms with Crippen LogP contribution in [0.1, 0.15) is 29.4 Å². The van der Waals surface area contributed by atoms with Crippen LogP contribution in [0.5, 0.6) is 0 Å². The highest BCUT2D eigenvalue weighted by Crippen LogP contribution is 2.05. The molecule has 0 saturated carbocycles. The number of nitrogens with two attached hydrogens (primary N) is 1. The Morgan fingerprint density at radius 3 is 2.94 bits per heavy atom. The van der Waals surface area contributed by atoms with E-state index in [-0.39, 0.29) is 17.8 Å². The third-order valence-electron chi connectivity index (χ3n) is 1.91. The maximum atomic E-state index is 11.6. The van der Waals surface area contributed by atoms with Crippen LogP contribution in [0.15, 0.2) is 6.33 Å². The summed E-state index contributed by atoms with van der Waals surface area (Å²) in [6.07, 6.45) is 1.37. The van der Waals surface area contributed by atoms with Crippen molar-refractivity contribution < 1.29 is 4.79 Å². The Labute approximate surface area is 89.9 Å². The first-order valence-electron chi connectivity index (χ1n) is 4.51. The fourth-order valence-electron chi connectivity index (χ4n) is 1.13. The lowest BCUT2D eigenvalue weighted by atomic mass is 10.3. The Morgan fingerprint density at radius 1 is 1.56 bits per heavy atom. The SMILES string of the molecule is CC(NC(=O)c1nc(N)n[nH]1)c1ncn[nH]1. The average Bonchev–Trinajstić information content (AvgIpc) is 2.87. The summed E-state index contributed by atoms with van der Waals surface area (Å²) in [5.41, 5.74) is 5.28. The number of hydrogen-bond acceptors (Lipinski definition) is 6. The number of aromatic nitrogens is 6. The molecule has 2 aromatic rings. The number of H-pyrrole nitrogens is 2. The molecule has 9 nitrogen and oxygen atoms in total. The average molecular weight is 222 g/mol. The number of nitrogens with one attached hydrogen (secondary N) is 3. The number of anilines is 1. The van der Waals surface area contributed by atoms with E-state index in [1.54, 1.807) is 6.92 Å². The van der Waals surface area contributed by atoms with Gasteiger partial charge in [0.25, 0.3) is 5.91 Å². The van der Waals surface area contributed by atoms with Crippen molar-refractivity contribution in [3.05, 3.63) is 18.0 Å². The van der Waals surface area contributed by atoms with Gasteiger partial charge in [-0.15, -0.1) is 5.10 Å². The molecule has 0 aliphatic heterocycles. The van der Waals surface area contributed by atoms with Crippen LogP contribution in [-0.4, -0.2) is 36.3 Å². The van der Waals surface area contributed by atoms with Crippen molar-refractivity contribution in [2.75, 3.05) is 5.73 Å². The van der Waals surface area contributed by atoms with E-state index in [9.17, 15) is 4.79 Å². The molecule has 2 heterocycles. The molecule has 0 aromatic carbocycles. The van der Waals surface area contributed by atoms with Crippen LogP contribution >= 0.6 is 0 Å². The molecular formula is C7H10N8O. The summed E-state index contributed by atoms with van der Waals surface area (Å²) in [7, 11) is 0. The molecule has 0 bridgehead atoms. The third kappa shape index (κ3) is 1.97. The summed E-state index contributed by atoms with van der Waals surface area (Å²) in [5.74, 6) is 0.232. The maximum absolute atomic E-state index is 11.6. The van der Waals surface area contributed by atoms with E-state index >= 15 is 0 Å². The lowest BCUT2D eigenvalue weighted by Crippen LogP contribution is -2.28. The second-order valence-electron chi connectivity index (χ2n) is 3.11. The quantitative estimate of drug-likeness (QED) is 0.525. The van der Waals surface area contributed by atoms with Crippen LogP contribution in [0.4, 0.5) is 5.95 Å². The maximum Gasteiger partial charge on any atom is 0.289 e. The van der Waals surface area contributed by atoms with Crippen LogP contribution in [0.25, 0.3) is 0 Å².